The van der Waals surface area contributed by atoms with Crippen LogP contribution in [0.25, 0.3) is 0 Å². The third kappa shape index (κ3) is 6.97. The van der Waals surface area contributed by atoms with Crippen LogP contribution in [-0.4, -0.2) is 30.8 Å². The SMILES string of the molecule is CC(=O)/C=C/CN(C)CCC#N. The molecule has 0 aromatic carbocycles. The van der Waals surface area contributed by atoms with Gasteiger partial charge in [-0.15, -0.1) is 0 Å². The van der Waals surface area contributed by atoms with Crippen molar-refractivity contribution in [1.82, 2.24) is 4.90 Å². The highest BCUT2D eigenvalue weighted by Gasteiger charge is 1.93. The molecular weight excluding hydrogens is 152 g/mol. The minimum Gasteiger partial charge on any atom is -0.302 e. The molecule has 0 saturated heterocycles. The molecule has 0 aromatic rings. The quantitative estimate of drug-likeness (QED) is 0.572. The molecule has 0 aliphatic heterocycles. The van der Waals surface area contributed by atoms with E-state index in [1.54, 1.807) is 12.2 Å². The summed E-state index contributed by atoms with van der Waals surface area (Å²) in [5.74, 6) is 0.0590. The molecule has 0 N–H and O–H groups in total. The molecule has 0 radical (unpaired) electrons. The number of hydrogen-bond donors (Lipinski definition) is 0. The highest BCUT2D eigenvalue weighted by molar-refractivity contribution is 5.87. The molecule has 0 spiro atoms. The second-order valence-corrected chi connectivity index (χ2v) is 2.68. The third-order valence-corrected chi connectivity index (χ3v) is 1.37. The lowest BCUT2D eigenvalue weighted by Crippen LogP contribution is -2.19. The maximum atomic E-state index is 10.5. The number of nitrogens with zero attached hydrogens (tertiary/aromatic N) is 2. The smallest absolute Gasteiger partial charge is 0.152 e. The highest BCUT2D eigenvalue weighted by atomic mass is 16.1. The van der Waals surface area contributed by atoms with Crippen LogP contribution < -0.4 is 0 Å². The minimum absolute atomic E-state index is 0.0590. The number of hydrogen-bond acceptors (Lipinski definition) is 3. The molecule has 0 fully saturated rings. The Morgan fingerprint density at radius 3 is 2.83 bits per heavy atom. The number of carbonyl (C=O) groups is 1. The van der Waals surface area contributed by atoms with Gasteiger partial charge >= 0.3 is 0 Å². The molecule has 0 aromatic heterocycles. The first-order chi connectivity index (χ1) is 5.66. The van der Waals surface area contributed by atoms with Crippen LogP contribution in [0.3, 0.4) is 0 Å². The Bertz CT molecular complexity index is 203. The van der Waals surface area contributed by atoms with Gasteiger partial charge in [-0.1, -0.05) is 6.08 Å². The van der Waals surface area contributed by atoms with Crippen molar-refractivity contribution in [3.63, 3.8) is 0 Å². The van der Waals surface area contributed by atoms with Gasteiger partial charge in [-0.3, -0.25) is 4.79 Å². The fourth-order valence-corrected chi connectivity index (χ4v) is 0.731. The van der Waals surface area contributed by atoms with Crippen LogP contribution in [0.4, 0.5) is 0 Å². The normalized spacial score (nSPS) is 10.5. The van der Waals surface area contributed by atoms with E-state index in [-0.39, 0.29) is 5.78 Å². The summed E-state index contributed by atoms with van der Waals surface area (Å²) < 4.78 is 0. The lowest BCUT2D eigenvalue weighted by atomic mass is 10.3. The molecule has 0 amide bonds. The van der Waals surface area contributed by atoms with Crippen molar-refractivity contribution in [1.29, 1.82) is 5.26 Å². The van der Waals surface area contributed by atoms with E-state index in [1.807, 2.05) is 11.9 Å². The third-order valence-electron chi connectivity index (χ3n) is 1.37. The molecule has 0 unspecified atom stereocenters. The largest absolute Gasteiger partial charge is 0.302 e. The van der Waals surface area contributed by atoms with E-state index >= 15 is 0 Å². The van der Waals surface area contributed by atoms with Crippen LogP contribution in [-0.2, 0) is 4.79 Å². The zero-order chi connectivity index (χ0) is 9.40. The zero-order valence-corrected chi connectivity index (χ0v) is 7.58. The summed E-state index contributed by atoms with van der Waals surface area (Å²) in [6.07, 6.45) is 3.88. The first-order valence-corrected chi connectivity index (χ1v) is 3.89. The van der Waals surface area contributed by atoms with Gasteiger partial charge in [-0.25, -0.2) is 0 Å². The van der Waals surface area contributed by atoms with E-state index in [9.17, 15) is 4.79 Å². The molecule has 0 heterocycles. The van der Waals surface area contributed by atoms with E-state index in [1.165, 1.54) is 6.92 Å². The molecule has 0 bridgehead atoms. The fourth-order valence-electron chi connectivity index (χ4n) is 0.731. The Kier molecular flexibility index (Phi) is 5.94. The average Bonchev–Trinajstić information content (AvgIpc) is 2.00. The standard InChI is InChI=1S/C9H14N2O/c1-9(12)5-3-7-11(2)8-4-6-10/h3,5H,4,7-8H2,1-2H3/b5-3+. The summed E-state index contributed by atoms with van der Waals surface area (Å²) in [6, 6.07) is 2.07. The summed E-state index contributed by atoms with van der Waals surface area (Å²) in [4.78, 5) is 12.5. The Labute approximate surface area is 73.3 Å². The highest BCUT2D eigenvalue weighted by Crippen LogP contribution is 1.86. The number of rotatable bonds is 5. The van der Waals surface area contributed by atoms with Gasteiger partial charge in [0.15, 0.2) is 5.78 Å². The molecule has 0 rings (SSSR count). The predicted molar refractivity (Wildman–Crippen MR) is 47.5 cm³/mol. The van der Waals surface area contributed by atoms with Crippen molar-refractivity contribution >= 4 is 5.78 Å². The summed E-state index contributed by atoms with van der Waals surface area (Å²) in [7, 11) is 1.92. The molecule has 3 nitrogen and oxygen atoms in total. The number of carbonyl (C=O) groups excluding carboxylic acids is 1. The lowest BCUT2D eigenvalue weighted by Gasteiger charge is -2.10. The summed E-state index contributed by atoms with van der Waals surface area (Å²) in [6.45, 7) is 2.99. The van der Waals surface area contributed by atoms with Crippen molar-refractivity contribution in [3.05, 3.63) is 12.2 Å². The zero-order valence-electron chi connectivity index (χ0n) is 7.58. The number of nitriles is 1. The molecule has 12 heavy (non-hydrogen) atoms. The first-order valence-electron chi connectivity index (χ1n) is 3.89. The molecule has 66 valence electrons. The monoisotopic (exact) mass is 166 g/mol. The number of allylic oxidation sites excluding steroid dienone is 1. The number of likely N-dealkylation sites (N-methyl/N-ethyl adjacent to an activating group) is 1. The van der Waals surface area contributed by atoms with Gasteiger partial charge in [-0.2, -0.15) is 5.26 Å². The van der Waals surface area contributed by atoms with E-state index in [0.29, 0.717) is 6.42 Å². The minimum atomic E-state index is 0.0590. The van der Waals surface area contributed by atoms with Gasteiger partial charge in [0, 0.05) is 19.5 Å². The maximum absolute atomic E-state index is 10.5. The molecule has 0 aliphatic rings. The van der Waals surface area contributed by atoms with Gasteiger partial charge in [0.1, 0.15) is 0 Å². The van der Waals surface area contributed by atoms with Crippen LogP contribution in [0.5, 0.6) is 0 Å². The van der Waals surface area contributed by atoms with Crippen molar-refractivity contribution in [2.24, 2.45) is 0 Å². The summed E-state index contributed by atoms with van der Waals surface area (Å²) >= 11 is 0. The molecule has 3 heteroatoms. The number of ketones is 1. The van der Waals surface area contributed by atoms with Gasteiger partial charge in [-0.05, 0) is 20.0 Å². The second-order valence-electron chi connectivity index (χ2n) is 2.68. The molecule has 0 aliphatic carbocycles. The Balaban J connectivity index is 3.50. The van der Waals surface area contributed by atoms with Gasteiger partial charge in [0.05, 0.1) is 6.07 Å². The lowest BCUT2D eigenvalue weighted by molar-refractivity contribution is -0.112. The fraction of sp³-hybridized carbons (Fsp3) is 0.556. The van der Waals surface area contributed by atoms with Crippen LogP contribution in [0, 0.1) is 11.3 Å². The molecular formula is C9H14N2O. The average molecular weight is 166 g/mol. The Morgan fingerprint density at radius 1 is 1.67 bits per heavy atom. The van der Waals surface area contributed by atoms with Crippen LogP contribution in [0.2, 0.25) is 0 Å². The molecule has 0 atom stereocenters. The van der Waals surface area contributed by atoms with Gasteiger partial charge in [0.25, 0.3) is 0 Å². The van der Waals surface area contributed by atoms with Crippen molar-refractivity contribution in [2.75, 3.05) is 20.1 Å². The van der Waals surface area contributed by atoms with Crippen molar-refractivity contribution in [3.8, 4) is 6.07 Å². The van der Waals surface area contributed by atoms with E-state index in [4.69, 9.17) is 5.26 Å². The van der Waals surface area contributed by atoms with E-state index in [2.05, 4.69) is 6.07 Å². The van der Waals surface area contributed by atoms with Gasteiger partial charge in [0.2, 0.25) is 0 Å². The summed E-state index contributed by atoms with van der Waals surface area (Å²) in [5.41, 5.74) is 0. The van der Waals surface area contributed by atoms with E-state index < -0.39 is 0 Å². The van der Waals surface area contributed by atoms with E-state index in [0.717, 1.165) is 13.1 Å². The van der Waals surface area contributed by atoms with Crippen LogP contribution >= 0.6 is 0 Å². The predicted octanol–water partition coefficient (Wildman–Crippen LogP) is 0.977. The topological polar surface area (TPSA) is 44.1 Å². The van der Waals surface area contributed by atoms with Crippen LogP contribution in [0.1, 0.15) is 13.3 Å². The summed E-state index contributed by atoms with van der Waals surface area (Å²) in [5, 5.41) is 8.28. The maximum Gasteiger partial charge on any atom is 0.152 e. The van der Waals surface area contributed by atoms with Crippen molar-refractivity contribution in [2.45, 2.75) is 13.3 Å². The Morgan fingerprint density at radius 2 is 2.33 bits per heavy atom. The molecule has 0 saturated carbocycles. The Hall–Kier alpha value is -1.14. The first kappa shape index (κ1) is 10.9. The van der Waals surface area contributed by atoms with Crippen molar-refractivity contribution < 1.29 is 4.79 Å². The van der Waals surface area contributed by atoms with Crippen LogP contribution in [0.15, 0.2) is 12.2 Å². The van der Waals surface area contributed by atoms with Gasteiger partial charge < -0.3 is 4.90 Å². The second kappa shape index (κ2) is 6.56.